The van der Waals surface area contributed by atoms with E-state index in [0.717, 1.165) is 11.3 Å². The lowest BCUT2D eigenvalue weighted by atomic mass is 10.2. The molecule has 0 aliphatic rings. The minimum Gasteiger partial charge on any atom is -0.508 e. The first-order valence-electron chi connectivity index (χ1n) is 8.07. The molecule has 0 saturated carbocycles. The number of hydrogen-bond acceptors (Lipinski definition) is 6. The van der Waals surface area contributed by atoms with E-state index < -0.39 is 57.4 Å². The molecule has 0 aliphatic heterocycles. The number of rotatable bonds is 4. The van der Waals surface area contributed by atoms with Gasteiger partial charge in [0.15, 0.2) is 22.4 Å². The van der Waals surface area contributed by atoms with E-state index in [-0.39, 0.29) is 15.5 Å². The largest absolute Gasteiger partial charge is 0.508 e. The van der Waals surface area contributed by atoms with Crippen LogP contribution in [-0.4, -0.2) is 19.6 Å². The van der Waals surface area contributed by atoms with E-state index in [2.05, 4.69) is 9.97 Å². The van der Waals surface area contributed by atoms with Gasteiger partial charge in [-0.3, -0.25) is 4.79 Å². The molecular weight excluding hydrogens is 449 g/mol. The topological polar surface area (TPSA) is 68.0 Å². The average molecular weight is 457 g/mol. The minimum absolute atomic E-state index is 0.00497. The fraction of sp³-hybridized carbons (Fsp3) is 0.0556. The quantitative estimate of drug-likeness (QED) is 0.277. The molecule has 0 radical (unpaired) electrons. The minimum atomic E-state index is -1.25. The zero-order chi connectivity index (χ0) is 21.6. The normalized spacial score (nSPS) is 11.4. The van der Waals surface area contributed by atoms with Gasteiger partial charge in [0.2, 0.25) is 0 Å². The number of phenols is 1. The van der Waals surface area contributed by atoms with Crippen LogP contribution in [0.3, 0.4) is 0 Å². The van der Waals surface area contributed by atoms with Crippen molar-refractivity contribution in [3.05, 3.63) is 74.8 Å². The van der Waals surface area contributed by atoms with Crippen LogP contribution >= 0.6 is 23.1 Å². The Bertz CT molecular complexity index is 1310. The van der Waals surface area contributed by atoms with E-state index in [1.807, 2.05) is 0 Å². The number of benzene rings is 2. The maximum atomic E-state index is 14.4. The van der Waals surface area contributed by atoms with Crippen molar-refractivity contribution in [3.63, 3.8) is 0 Å². The molecule has 30 heavy (non-hydrogen) atoms. The Morgan fingerprint density at radius 3 is 2.27 bits per heavy atom. The molecule has 154 valence electrons. The van der Waals surface area contributed by atoms with Crippen LogP contribution in [0.25, 0.3) is 16.0 Å². The van der Waals surface area contributed by atoms with E-state index in [0.29, 0.717) is 40.6 Å². The fourth-order valence-electron chi connectivity index (χ4n) is 2.70. The smallest absolute Gasteiger partial charge is 0.278 e. The summed E-state index contributed by atoms with van der Waals surface area (Å²) in [5.41, 5.74) is -0.881. The number of thioether (sulfide) groups is 1. The first-order valence-corrected chi connectivity index (χ1v) is 9.93. The van der Waals surface area contributed by atoms with Crippen molar-refractivity contribution < 1.29 is 27.1 Å². The standard InChI is InChI=1S/C18H8F5N3O2S2/c19-7-1-10(20)9(11(21)2-7)5-29-18-25-16-15(30-6-24-16)17(28)26(18)14-12(22)3-8(27)4-13(14)23/h1-4,6,27H,5H2. The van der Waals surface area contributed by atoms with Crippen LogP contribution < -0.4 is 5.56 Å². The number of thiazole rings is 1. The number of phenolic OH excluding ortho intramolecular Hbond substituents is 1. The molecule has 0 unspecified atom stereocenters. The second kappa shape index (κ2) is 7.69. The summed E-state index contributed by atoms with van der Waals surface area (Å²) >= 11 is 1.50. The highest BCUT2D eigenvalue weighted by Gasteiger charge is 2.23. The molecule has 0 aliphatic carbocycles. The van der Waals surface area contributed by atoms with Crippen molar-refractivity contribution in [2.24, 2.45) is 0 Å². The summed E-state index contributed by atoms with van der Waals surface area (Å²) in [7, 11) is 0. The van der Waals surface area contributed by atoms with Crippen LogP contribution in [0.2, 0.25) is 0 Å². The second-order valence-electron chi connectivity index (χ2n) is 5.93. The van der Waals surface area contributed by atoms with Crippen molar-refractivity contribution in [3.8, 4) is 11.4 Å². The summed E-state index contributed by atoms with van der Waals surface area (Å²) in [6.45, 7) is 0. The summed E-state index contributed by atoms with van der Waals surface area (Å²) in [6.07, 6.45) is 0. The Balaban J connectivity index is 1.88. The van der Waals surface area contributed by atoms with E-state index in [1.165, 1.54) is 5.51 Å². The second-order valence-corrected chi connectivity index (χ2v) is 7.73. The Hall–Kier alpha value is -2.99. The lowest BCUT2D eigenvalue weighted by molar-refractivity contribution is 0.457. The Labute approximate surface area is 172 Å². The number of nitrogens with zero attached hydrogens (tertiary/aromatic N) is 3. The van der Waals surface area contributed by atoms with E-state index in [9.17, 15) is 31.9 Å². The number of hydrogen-bond donors (Lipinski definition) is 1. The molecule has 2 aromatic heterocycles. The predicted molar refractivity (Wildman–Crippen MR) is 100 cm³/mol. The molecule has 12 heteroatoms. The molecule has 0 amide bonds. The van der Waals surface area contributed by atoms with Gasteiger partial charge in [-0.1, -0.05) is 11.8 Å². The molecule has 0 atom stereocenters. The number of aromatic nitrogens is 3. The maximum Gasteiger partial charge on any atom is 0.278 e. The highest BCUT2D eigenvalue weighted by Crippen LogP contribution is 2.30. The van der Waals surface area contributed by atoms with Gasteiger partial charge in [0, 0.05) is 35.6 Å². The Kier molecular flexibility index (Phi) is 5.20. The highest BCUT2D eigenvalue weighted by molar-refractivity contribution is 7.98. The SMILES string of the molecule is O=c1c2scnc2nc(SCc2c(F)cc(F)cc2F)n1-c1c(F)cc(O)cc1F. The van der Waals surface area contributed by atoms with Crippen molar-refractivity contribution in [2.45, 2.75) is 10.9 Å². The summed E-state index contributed by atoms with van der Waals surface area (Å²) < 4.78 is 70.5. The molecule has 4 rings (SSSR count). The van der Waals surface area contributed by atoms with Crippen molar-refractivity contribution >= 4 is 33.4 Å². The van der Waals surface area contributed by atoms with Gasteiger partial charge >= 0.3 is 0 Å². The molecule has 5 nitrogen and oxygen atoms in total. The molecule has 0 spiro atoms. The van der Waals surface area contributed by atoms with Gasteiger partial charge in [-0.15, -0.1) is 11.3 Å². The molecule has 2 aromatic carbocycles. The molecular formula is C18H8F5N3O2S2. The predicted octanol–water partition coefficient (Wildman–Crippen LogP) is 4.54. The monoisotopic (exact) mass is 457 g/mol. The number of aromatic hydroxyl groups is 1. The third kappa shape index (κ3) is 3.52. The summed E-state index contributed by atoms with van der Waals surface area (Å²) in [5, 5.41) is 9.07. The highest BCUT2D eigenvalue weighted by atomic mass is 32.2. The molecule has 0 bridgehead atoms. The Morgan fingerprint density at radius 1 is 1.00 bits per heavy atom. The molecule has 2 heterocycles. The van der Waals surface area contributed by atoms with Crippen LogP contribution in [0.4, 0.5) is 22.0 Å². The van der Waals surface area contributed by atoms with Gasteiger partial charge in [0.1, 0.15) is 33.6 Å². The van der Waals surface area contributed by atoms with Gasteiger partial charge in [-0.05, 0) is 0 Å². The van der Waals surface area contributed by atoms with Crippen molar-refractivity contribution in [1.82, 2.24) is 14.5 Å². The van der Waals surface area contributed by atoms with Crippen LogP contribution in [0, 0.1) is 29.1 Å². The van der Waals surface area contributed by atoms with Crippen molar-refractivity contribution in [2.75, 3.05) is 0 Å². The number of halogens is 5. The van der Waals surface area contributed by atoms with Crippen LogP contribution in [0.15, 0.2) is 39.7 Å². The van der Waals surface area contributed by atoms with E-state index in [4.69, 9.17) is 0 Å². The Morgan fingerprint density at radius 2 is 1.63 bits per heavy atom. The van der Waals surface area contributed by atoms with Crippen LogP contribution in [0.1, 0.15) is 5.56 Å². The van der Waals surface area contributed by atoms with Gasteiger partial charge in [-0.2, -0.15) is 0 Å². The van der Waals surface area contributed by atoms with Gasteiger partial charge < -0.3 is 5.11 Å². The first-order chi connectivity index (χ1) is 14.3. The molecule has 0 saturated heterocycles. The van der Waals surface area contributed by atoms with Crippen LogP contribution in [0.5, 0.6) is 5.75 Å². The van der Waals surface area contributed by atoms with Gasteiger partial charge in [0.25, 0.3) is 5.56 Å². The average Bonchev–Trinajstić information content (AvgIpc) is 3.11. The maximum absolute atomic E-state index is 14.4. The summed E-state index contributed by atoms with van der Waals surface area (Å²) in [5.74, 6) is -7.08. The first kappa shape index (κ1) is 20.3. The number of fused-ring (bicyclic) bond motifs is 1. The summed E-state index contributed by atoms with van der Waals surface area (Å²) in [4.78, 5) is 20.8. The van der Waals surface area contributed by atoms with Crippen LogP contribution in [-0.2, 0) is 5.75 Å². The lowest BCUT2D eigenvalue weighted by Gasteiger charge is -2.14. The third-order valence-electron chi connectivity index (χ3n) is 4.02. The fourth-order valence-corrected chi connectivity index (χ4v) is 4.36. The van der Waals surface area contributed by atoms with E-state index in [1.54, 1.807) is 0 Å². The third-order valence-corrected chi connectivity index (χ3v) is 5.78. The lowest BCUT2D eigenvalue weighted by Crippen LogP contribution is -2.23. The van der Waals surface area contributed by atoms with E-state index >= 15 is 0 Å². The summed E-state index contributed by atoms with van der Waals surface area (Å²) in [6, 6.07) is 2.19. The molecule has 4 aromatic rings. The van der Waals surface area contributed by atoms with Gasteiger partial charge in [-0.25, -0.2) is 36.5 Å². The molecule has 0 fully saturated rings. The zero-order valence-electron chi connectivity index (χ0n) is 14.5. The van der Waals surface area contributed by atoms with Gasteiger partial charge in [0.05, 0.1) is 5.51 Å². The zero-order valence-corrected chi connectivity index (χ0v) is 16.1. The van der Waals surface area contributed by atoms with Crippen molar-refractivity contribution in [1.29, 1.82) is 0 Å². The molecule has 1 N–H and O–H groups in total.